The first-order valence-electron chi connectivity index (χ1n) is 8.09. The SMILES string of the molecule is Cl.NCCNC(=O)c1cn(C23CC4CC(CC(C4)C2)C3)nn1. The summed E-state index contributed by atoms with van der Waals surface area (Å²) >= 11 is 0. The van der Waals surface area contributed by atoms with E-state index in [0.29, 0.717) is 18.8 Å². The van der Waals surface area contributed by atoms with Crippen LogP contribution in [0, 0.1) is 17.8 Å². The lowest BCUT2D eigenvalue weighted by molar-refractivity contribution is -0.0502. The predicted molar refractivity (Wildman–Crippen MR) is 84.8 cm³/mol. The summed E-state index contributed by atoms with van der Waals surface area (Å²) in [5, 5.41) is 11.2. The van der Waals surface area contributed by atoms with E-state index in [9.17, 15) is 4.79 Å². The molecule has 0 aliphatic heterocycles. The molecule has 7 heteroatoms. The maximum atomic E-state index is 12.0. The summed E-state index contributed by atoms with van der Waals surface area (Å²) in [6, 6.07) is 0. The van der Waals surface area contributed by atoms with Gasteiger partial charge in [0.2, 0.25) is 0 Å². The van der Waals surface area contributed by atoms with Gasteiger partial charge in [-0.1, -0.05) is 5.21 Å². The predicted octanol–water partition coefficient (Wildman–Crippen LogP) is 1.31. The van der Waals surface area contributed by atoms with E-state index < -0.39 is 0 Å². The van der Waals surface area contributed by atoms with Crippen LogP contribution in [-0.4, -0.2) is 34.0 Å². The van der Waals surface area contributed by atoms with E-state index in [1.807, 2.05) is 10.9 Å². The molecule has 122 valence electrons. The number of nitrogens with zero attached hydrogens (tertiary/aromatic N) is 3. The third kappa shape index (κ3) is 2.52. The lowest BCUT2D eigenvalue weighted by atomic mass is 9.53. The van der Waals surface area contributed by atoms with Crippen LogP contribution in [0.1, 0.15) is 49.0 Å². The average Bonchev–Trinajstić information content (AvgIpc) is 2.94. The highest BCUT2D eigenvalue weighted by atomic mass is 35.5. The molecule has 0 radical (unpaired) electrons. The largest absolute Gasteiger partial charge is 0.349 e. The Kier molecular flexibility index (Phi) is 4.16. The van der Waals surface area contributed by atoms with Crippen molar-refractivity contribution in [3.8, 4) is 0 Å². The smallest absolute Gasteiger partial charge is 0.273 e. The van der Waals surface area contributed by atoms with Crippen molar-refractivity contribution in [2.75, 3.05) is 13.1 Å². The molecule has 1 aromatic heterocycles. The van der Waals surface area contributed by atoms with Crippen LogP contribution in [0.15, 0.2) is 6.20 Å². The van der Waals surface area contributed by atoms with Crippen molar-refractivity contribution in [3.05, 3.63) is 11.9 Å². The van der Waals surface area contributed by atoms with E-state index in [1.54, 1.807) is 0 Å². The van der Waals surface area contributed by atoms with Gasteiger partial charge in [0.1, 0.15) is 0 Å². The topological polar surface area (TPSA) is 85.8 Å². The first-order chi connectivity index (χ1) is 10.2. The maximum absolute atomic E-state index is 12.0. The zero-order chi connectivity index (χ0) is 14.4. The second kappa shape index (κ2) is 5.81. The second-order valence-electron chi connectivity index (χ2n) is 7.23. The minimum atomic E-state index is -0.170. The summed E-state index contributed by atoms with van der Waals surface area (Å²) in [6.45, 7) is 0.915. The van der Waals surface area contributed by atoms with Crippen LogP contribution in [0.25, 0.3) is 0 Å². The summed E-state index contributed by atoms with van der Waals surface area (Å²) in [7, 11) is 0. The Labute approximate surface area is 136 Å². The molecular weight excluding hydrogens is 302 g/mol. The molecule has 1 heterocycles. The second-order valence-corrected chi connectivity index (χ2v) is 7.23. The van der Waals surface area contributed by atoms with Crippen molar-refractivity contribution in [1.29, 1.82) is 0 Å². The van der Waals surface area contributed by atoms with Crippen molar-refractivity contribution in [2.45, 2.75) is 44.1 Å². The highest BCUT2D eigenvalue weighted by Gasteiger charge is 2.52. The summed E-state index contributed by atoms with van der Waals surface area (Å²) in [5.74, 6) is 2.40. The van der Waals surface area contributed by atoms with E-state index in [1.165, 1.54) is 38.5 Å². The Morgan fingerprint density at radius 3 is 2.41 bits per heavy atom. The van der Waals surface area contributed by atoms with Crippen LogP contribution in [0.4, 0.5) is 0 Å². The monoisotopic (exact) mass is 325 g/mol. The Hall–Kier alpha value is -1.14. The molecule has 6 nitrogen and oxygen atoms in total. The van der Waals surface area contributed by atoms with E-state index >= 15 is 0 Å². The molecule has 0 unspecified atom stereocenters. The summed E-state index contributed by atoms with van der Waals surface area (Å²) in [5.41, 5.74) is 5.96. The quantitative estimate of drug-likeness (QED) is 0.874. The van der Waals surface area contributed by atoms with Crippen molar-refractivity contribution in [3.63, 3.8) is 0 Å². The van der Waals surface area contributed by atoms with Crippen molar-refractivity contribution >= 4 is 18.3 Å². The molecule has 5 rings (SSSR count). The van der Waals surface area contributed by atoms with E-state index in [-0.39, 0.29) is 23.9 Å². The number of nitrogens with two attached hydrogens (primary N) is 1. The molecule has 22 heavy (non-hydrogen) atoms. The van der Waals surface area contributed by atoms with Crippen LogP contribution < -0.4 is 11.1 Å². The molecule has 1 aromatic rings. The molecule has 0 saturated heterocycles. The maximum Gasteiger partial charge on any atom is 0.273 e. The van der Waals surface area contributed by atoms with Crippen LogP contribution in [0.5, 0.6) is 0 Å². The standard InChI is InChI=1S/C15H23N5O.ClH/c16-1-2-17-14(21)13-9-20(19-18-13)15-6-10-3-11(7-15)5-12(4-10)8-15;/h9-12H,1-8,16H2,(H,17,21);1H. The van der Waals surface area contributed by atoms with Crippen molar-refractivity contribution in [1.82, 2.24) is 20.3 Å². The fourth-order valence-electron chi connectivity index (χ4n) is 5.22. The van der Waals surface area contributed by atoms with E-state index in [2.05, 4.69) is 15.6 Å². The Morgan fingerprint density at radius 1 is 1.27 bits per heavy atom. The zero-order valence-electron chi connectivity index (χ0n) is 12.7. The number of rotatable bonds is 4. The number of hydrogen-bond acceptors (Lipinski definition) is 4. The van der Waals surface area contributed by atoms with Gasteiger partial charge in [0.05, 0.1) is 11.7 Å². The van der Waals surface area contributed by atoms with Gasteiger partial charge in [-0.2, -0.15) is 0 Å². The molecule has 4 bridgehead atoms. The molecule has 1 amide bonds. The van der Waals surface area contributed by atoms with Gasteiger partial charge in [0.25, 0.3) is 5.91 Å². The Bertz CT molecular complexity index is 523. The molecule has 4 fully saturated rings. The molecule has 0 atom stereocenters. The van der Waals surface area contributed by atoms with Crippen LogP contribution in [0.2, 0.25) is 0 Å². The fourth-order valence-corrected chi connectivity index (χ4v) is 5.22. The molecule has 4 aliphatic rings. The number of halogens is 1. The number of aromatic nitrogens is 3. The van der Waals surface area contributed by atoms with Gasteiger partial charge in [0, 0.05) is 13.1 Å². The van der Waals surface area contributed by atoms with Gasteiger partial charge in [-0.15, -0.1) is 17.5 Å². The molecule has 0 aromatic carbocycles. The van der Waals surface area contributed by atoms with Crippen molar-refractivity contribution < 1.29 is 4.79 Å². The Morgan fingerprint density at radius 2 is 1.86 bits per heavy atom. The number of hydrogen-bond donors (Lipinski definition) is 2. The molecule has 0 spiro atoms. The molecule has 3 N–H and O–H groups in total. The van der Waals surface area contributed by atoms with Gasteiger partial charge in [0.15, 0.2) is 5.69 Å². The summed E-state index contributed by atoms with van der Waals surface area (Å²) in [4.78, 5) is 12.0. The molecular formula is C15H24ClN5O. The lowest BCUT2D eigenvalue weighted by Crippen LogP contribution is -2.52. The minimum absolute atomic E-state index is 0. The normalized spacial score (nSPS) is 35.2. The highest BCUT2D eigenvalue weighted by molar-refractivity contribution is 5.91. The number of amides is 1. The summed E-state index contributed by atoms with van der Waals surface area (Å²) in [6.07, 6.45) is 9.69. The molecule has 4 saturated carbocycles. The van der Waals surface area contributed by atoms with Crippen molar-refractivity contribution in [2.24, 2.45) is 23.5 Å². The molecule has 4 aliphatic carbocycles. The Balaban J connectivity index is 0.00000144. The third-order valence-corrected chi connectivity index (χ3v) is 5.65. The van der Waals surface area contributed by atoms with Gasteiger partial charge >= 0.3 is 0 Å². The van der Waals surface area contributed by atoms with Crippen LogP contribution in [-0.2, 0) is 5.54 Å². The lowest BCUT2D eigenvalue weighted by Gasteiger charge is -2.56. The number of carbonyl (C=O) groups is 1. The first-order valence-corrected chi connectivity index (χ1v) is 8.09. The fraction of sp³-hybridized carbons (Fsp3) is 0.800. The number of carbonyl (C=O) groups excluding carboxylic acids is 1. The van der Waals surface area contributed by atoms with Gasteiger partial charge in [-0.05, 0) is 56.3 Å². The van der Waals surface area contributed by atoms with Gasteiger partial charge in [-0.25, -0.2) is 4.68 Å². The summed E-state index contributed by atoms with van der Waals surface area (Å²) < 4.78 is 2.01. The van der Waals surface area contributed by atoms with E-state index in [0.717, 1.165) is 17.8 Å². The first kappa shape index (κ1) is 15.7. The van der Waals surface area contributed by atoms with E-state index in [4.69, 9.17) is 5.73 Å². The number of nitrogens with one attached hydrogen (secondary N) is 1. The van der Waals surface area contributed by atoms with Gasteiger partial charge in [-0.3, -0.25) is 4.79 Å². The minimum Gasteiger partial charge on any atom is -0.349 e. The highest BCUT2D eigenvalue weighted by Crippen LogP contribution is 2.58. The van der Waals surface area contributed by atoms with Crippen LogP contribution in [0.3, 0.4) is 0 Å². The average molecular weight is 326 g/mol. The zero-order valence-corrected chi connectivity index (χ0v) is 13.5. The van der Waals surface area contributed by atoms with Crippen LogP contribution >= 0.6 is 12.4 Å². The van der Waals surface area contributed by atoms with Gasteiger partial charge < -0.3 is 11.1 Å². The third-order valence-electron chi connectivity index (χ3n) is 5.65.